The average molecular weight is 346 g/mol. The van der Waals surface area contributed by atoms with Gasteiger partial charge in [-0.25, -0.2) is 17.8 Å². The monoisotopic (exact) mass is 346 g/mol. The summed E-state index contributed by atoms with van der Waals surface area (Å²) in [5.41, 5.74) is 2.24. The van der Waals surface area contributed by atoms with Crippen molar-refractivity contribution < 1.29 is 8.42 Å². The summed E-state index contributed by atoms with van der Waals surface area (Å²) in [6.07, 6.45) is 4.27. The van der Waals surface area contributed by atoms with Crippen molar-refractivity contribution in [1.82, 2.24) is 24.5 Å². The summed E-state index contributed by atoms with van der Waals surface area (Å²) in [6, 6.07) is 7.94. The van der Waals surface area contributed by atoms with E-state index in [0.29, 0.717) is 13.1 Å². The normalized spacial score (nSPS) is 11.6. The maximum absolute atomic E-state index is 12.3. The van der Waals surface area contributed by atoms with Gasteiger partial charge in [-0.1, -0.05) is 24.3 Å². The van der Waals surface area contributed by atoms with Gasteiger partial charge >= 0.3 is 0 Å². The van der Waals surface area contributed by atoms with Gasteiger partial charge in [0, 0.05) is 12.7 Å². The molecule has 1 aromatic carbocycles. The molecule has 0 bridgehead atoms. The smallest absolute Gasteiger partial charge is 0.267 e. The Hall–Kier alpha value is -2.68. The molecule has 1 N–H and O–H groups in total. The molecule has 0 spiro atoms. The molecule has 0 unspecified atom stereocenters. The first-order chi connectivity index (χ1) is 11.5. The van der Waals surface area contributed by atoms with Crippen molar-refractivity contribution in [3.05, 3.63) is 54.1 Å². The number of nitrogens with zero attached hydrogens (tertiary/aromatic N) is 5. The molecule has 3 aromatic rings. The van der Waals surface area contributed by atoms with Crippen molar-refractivity contribution in [2.45, 2.75) is 31.8 Å². The molecule has 0 aliphatic heterocycles. The maximum atomic E-state index is 12.3. The van der Waals surface area contributed by atoms with Crippen LogP contribution in [0.4, 0.5) is 5.95 Å². The maximum Gasteiger partial charge on any atom is 0.267 e. The molecule has 126 valence electrons. The predicted molar refractivity (Wildman–Crippen MR) is 89.0 cm³/mol. The molecule has 0 aliphatic carbocycles. The van der Waals surface area contributed by atoms with E-state index < -0.39 is 10.0 Å². The molecule has 0 radical (unpaired) electrons. The Morgan fingerprint density at radius 2 is 2.00 bits per heavy atom. The molecule has 3 rings (SSSR count). The van der Waals surface area contributed by atoms with Gasteiger partial charge in [-0.05, 0) is 25.0 Å². The zero-order chi connectivity index (χ0) is 17.2. The average Bonchev–Trinajstić information content (AvgIpc) is 3.19. The van der Waals surface area contributed by atoms with Crippen LogP contribution in [0.15, 0.2) is 47.9 Å². The van der Waals surface area contributed by atoms with Crippen molar-refractivity contribution in [2.75, 3.05) is 4.72 Å². The van der Waals surface area contributed by atoms with Crippen LogP contribution in [0.1, 0.15) is 18.1 Å². The second-order valence-corrected chi connectivity index (χ2v) is 7.01. The van der Waals surface area contributed by atoms with Crippen LogP contribution in [0.25, 0.3) is 0 Å². The number of nitrogens with one attached hydrogen (secondary N) is 1. The largest absolute Gasteiger partial charge is 0.272 e. The third-order valence-corrected chi connectivity index (χ3v) is 4.88. The lowest BCUT2D eigenvalue weighted by Crippen LogP contribution is -2.14. The summed E-state index contributed by atoms with van der Waals surface area (Å²) < 4.78 is 30.1. The van der Waals surface area contributed by atoms with Crippen molar-refractivity contribution in [1.29, 1.82) is 0 Å². The second kappa shape index (κ2) is 6.44. The minimum atomic E-state index is -3.74. The molecular weight excluding hydrogens is 328 g/mol. The van der Waals surface area contributed by atoms with Crippen LogP contribution in [0, 0.1) is 6.92 Å². The summed E-state index contributed by atoms with van der Waals surface area (Å²) in [6.45, 7) is 5.01. The predicted octanol–water partition coefficient (Wildman–Crippen LogP) is 1.65. The molecule has 0 saturated carbocycles. The molecule has 0 saturated heterocycles. The van der Waals surface area contributed by atoms with E-state index in [4.69, 9.17) is 0 Å². The molecule has 2 heterocycles. The molecule has 0 fully saturated rings. The fraction of sp³-hybridized carbons (Fsp3) is 0.267. The highest BCUT2D eigenvalue weighted by Crippen LogP contribution is 2.13. The highest BCUT2D eigenvalue weighted by atomic mass is 32.2. The number of rotatable bonds is 6. The SMILES string of the molecule is CCn1cc(S(=O)(=O)Nc2ncn(Cc3ccccc3C)n2)cn1. The fourth-order valence-corrected chi connectivity index (χ4v) is 3.11. The number of hydrogen-bond acceptors (Lipinski definition) is 5. The summed E-state index contributed by atoms with van der Waals surface area (Å²) in [5.74, 6) is 0.0350. The molecule has 0 aliphatic rings. The van der Waals surface area contributed by atoms with Gasteiger partial charge in [0.25, 0.3) is 16.0 Å². The number of hydrogen-bond donors (Lipinski definition) is 1. The van der Waals surface area contributed by atoms with E-state index in [1.165, 1.54) is 18.7 Å². The summed E-state index contributed by atoms with van der Waals surface area (Å²) >= 11 is 0. The van der Waals surface area contributed by atoms with Crippen LogP contribution in [0.3, 0.4) is 0 Å². The number of aryl methyl sites for hydroxylation is 2. The van der Waals surface area contributed by atoms with Gasteiger partial charge < -0.3 is 0 Å². The van der Waals surface area contributed by atoms with Crippen molar-refractivity contribution in [3.8, 4) is 0 Å². The van der Waals surface area contributed by atoms with Crippen molar-refractivity contribution in [2.24, 2.45) is 0 Å². The number of sulfonamides is 1. The number of benzene rings is 1. The van der Waals surface area contributed by atoms with Crippen LogP contribution in [0.2, 0.25) is 0 Å². The molecule has 24 heavy (non-hydrogen) atoms. The second-order valence-electron chi connectivity index (χ2n) is 5.33. The minimum Gasteiger partial charge on any atom is -0.272 e. The molecule has 0 amide bonds. The molecule has 2 aromatic heterocycles. The number of anilines is 1. The first-order valence-electron chi connectivity index (χ1n) is 7.47. The summed E-state index contributed by atoms with van der Waals surface area (Å²) in [5, 5.41) is 8.14. The zero-order valence-electron chi connectivity index (χ0n) is 13.4. The van der Waals surface area contributed by atoms with Crippen molar-refractivity contribution in [3.63, 3.8) is 0 Å². The van der Waals surface area contributed by atoms with Crippen LogP contribution in [-0.2, 0) is 23.1 Å². The number of aromatic nitrogens is 5. The van der Waals surface area contributed by atoms with E-state index in [1.54, 1.807) is 9.36 Å². The van der Waals surface area contributed by atoms with E-state index in [1.807, 2.05) is 38.1 Å². The van der Waals surface area contributed by atoms with E-state index in [0.717, 1.165) is 11.1 Å². The van der Waals surface area contributed by atoms with E-state index >= 15 is 0 Å². The standard InChI is InChI=1S/C15H18N6O2S/c1-3-20-10-14(8-17-20)24(22,23)19-15-16-11-21(18-15)9-13-7-5-4-6-12(13)2/h4-8,10-11H,3,9H2,1-2H3,(H,18,19). The van der Waals surface area contributed by atoms with Crippen LogP contribution < -0.4 is 4.72 Å². The highest BCUT2D eigenvalue weighted by Gasteiger charge is 2.18. The molecular formula is C15H18N6O2S. The van der Waals surface area contributed by atoms with Gasteiger partial charge in [-0.3, -0.25) is 4.68 Å². The van der Waals surface area contributed by atoms with Crippen LogP contribution in [-0.4, -0.2) is 33.0 Å². The summed E-state index contributed by atoms with van der Waals surface area (Å²) in [7, 11) is -3.74. The van der Waals surface area contributed by atoms with Crippen molar-refractivity contribution >= 4 is 16.0 Å². The molecule has 0 atom stereocenters. The Kier molecular flexibility index (Phi) is 4.34. The molecule has 9 heteroatoms. The van der Waals surface area contributed by atoms with Gasteiger partial charge in [0.2, 0.25) is 0 Å². The Bertz CT molecular complexity index is 944. The quantitative estimate of drug-likeness (QED) is 0.732. The van der Waals surface area contributed by atoms with Gasteiger partial charge in [0.05, 0.1) is 12.7 Å². The third-order valence-electron chi connectivity index (χ3n) is 3.60. The van der Waals surface area contributed by atoms with Crippen LogP contribution >= 0.6 is 0 Å². The lowest BCUT2D eigenvalue weighted by atomic mass is 10.1. The lowest BCUT2D eigenvalue weighted by molar-refractivity contribution is 0.600. The Morgan fingerprint density at radius 3 is 2.71 bits per heavy atom. The first-order valence-corrected chi connectivity index (χ1v) is 8.95. The van der Waals surface area contributed by atoms with Crippen LogP contribution in [0.5, 0.6) is 0 Å². The van der Waals surface area contributed by atoms with Gasteiger partial charge in [-0.2, -0.15) is 10.1 Å². The van der Waals surface area contributed by atoms with Gasteiger partial charge in [0.15, 0.2) is 0 Å². The van der Waals surface area contributed by atoms with E-state index in [-0.39, 0.29) is 10.8 Å². The minimum absolute atomic E-state index is 0.0350. The fourth-order valence-electron chi connectivity index (χ4n) is 2.22. The highest BCUT2D eigenvalue weighted by molar-refractivity contribution is 7.92. The van der Waals surface area contributed by atoms with E-state index in [9.17, 15) is 8.42 Å². The Labute approximate surface area is 140 Å². The Balaban J connectivity index is 1.75. The Morgan fingerprint density at radius 1 is 1.21 bits per heavy atom. The van der Waals surface area contributed by atoms with E-state index in [2.05, 4.69) is 19.9 Å². The zero-order valence-corrected chi connectivity index (χ0v) is 14.2. The topological polar surface area (TPSA) is 94.7 Å². The van der Waals surface area contributed by atoms with Gasteiger partial charge in [0.1, 0.15) is 11.2 Å². The summed E-state index contributed by atoms with van der Waals surface area (Å²) in [4.78, 5) is 4.10. The lowest BCUT2D eigenvalue weighted by Gasteiger charge is -2.04. The molecule has 8 nitrogen and oxygen atoms in total. The first kappa shape index (κ1) is 16.2. The third kappa shape index (κ3) is 3.46. The van der Waals surface area contributed by atoms with Gasteiger partial charge in [-0.15, -0.1) is 5.10 Å².